The van der Waals surface area contributed by atoms with Crippen LogP contribution in [-0.2, 0) is 11.3 Å². The summed E-state index contributed by atoms with van der Waals surface area (Å²) in [6, 6.07) is 18.1. The molecule has 1 amide bonds. The Balaban J connectivity index is 1.61. The second kappa shape index (κ2) is 9.61. The fourth-order valence-electron chi connectivity index (χ4n) is 3.17. The Morgan fingerprint density at radius 1 is 1.24 bits per heavy atom. The Kier molecular flexibility index (Phi) is 6.70. The fourth-order valence-corrected chi connectivity index (χ4v) is 3.17. The van der Waals surface area contributed by atoms with Gasteiger partial charge < -0.3 is 14.2 Å². The van der Waals surface area contributed by atoms with Crippen LogP contribution in [0.2, 0.25) is 0 Å². The van der Waals surface area contributed by atoms with Gasteiger partial charge in [0, 0.05) is 42.3 Å². The molecule has 0 fully saturated rings. The summed E-state index contributed by atoms with van der Waals surface area (Å²) < 4.78 is 7.78. The van der Waals surface area contributed by atoms with E-state index in [0.29, 0.717) is 26.1 Å². The smallest absolute Gasteiger partial charge is 0.246 e. The van der Waals surface area contributed by atoms with E-state index in [1.54, 1.807) is 18.0 Å². The molecular weight excluding hydrogens is 362 g/mol. The number of rotatable bonds is 8. The number of fused-ring (bicyclic) bond motifs is 1. The van der Waals surface area contributed by atoms with Crippen LogP contribution in [-0.4, -0.2) is 35.6 Å². The van der Waals surface area contributed by atoms with Crippen LogP contribution in [0, 0.1) is 18.3 Å². The van der Waals surface area contributed by atoms with E-state index in [0.717, 1.165) is 27.8 Å². The molecule has 0 saturated carbocycles. The van der Waals surface area contributed by atoms with Crippen molar-refractivity contribution in [3.8, 4) is 11.8 Å². The number of hydrogen-bond acceptors (Lipinski definition) is 3. The Morgan fingerprint density at radius 2 is 2.07 bits per heavy atom. The number of para-hydroxylation sites is 1. The highest BCUT2D eigenvalue weighted by molar-refractivity contribution is 5.96. The van der Waals surface area contributed by atoms with Gasteiger partial charge >= 0.3 is 0 Å². The van der Waals surface area contributed by atoms with Gasteiger partial charge in [0.2, 0.25) is 5.91 Å². The third-order valence-electron chi connectivity index (χ3n) is 4.75. The molecule has 0 atom stereocenters. The normalized spacial score (nSPS) is 10.9. The summed E-state index contributed by atoms with van der Waals surface area (Å²) in [6.45, 7) is 3.59. The van der Waals surface area contributed by atoms with Crippen molar-refractivity contribution >= 4 is 22.9 Å². The predicted molar refractivity (Wildman–Crippen MR) is 116 cm³/mol. The predicted octanol–water partition coefficient (Wildman–Crippen LogP) is 4.41. The van der Waals surface area contributed by atoms with Crippen molar-refractivity contribution in [2.24, 2.45) is 0 Å². The molecule has 0 radical (unpaired) electrons. The molecule has 1 heterocycles. The number of amides is 1. The minimum Gasteiger partial charge on any atom is -0.492 e. The van der Waals surface area contributed by atoms with Gasteiger partial charge in [-0.1, -0.05) is 30.3 Å². The summed E-state index contributed by atoms with van der Waals surface area (Å²) in [7, 11) is 1.77. The number of nitriles is 1. The monoisotopic (exact) mass is 387 g/mol. The number of hydrogen-bond donors (Lipinski definition) is 0. The van der Waals surface area contributed by atoms with Gasteiger partial charge in [-0.3, -0.25) is 4.79 Å². The Morgan fingerprint density at radius 3 is 2.86 bits per heavy atom. The standard InChI is InChI=1S/C24H25N3O2/c1-19-7-5-8-21(17-19)29-16-15-26(2)24(28)12-11-20-18-27(14-6-13-25)23-10-4-3-9-22(20)23/h3-5,7-12,17-18H,6,14-16H2,1-2H3/b12-11+. The molecule has 1 aromatic heterocycles. The van der Waals surface area contributed by atoms with Crippen molar-refractivity contribution in [1.82, 2.24) is 9.47 Å². The number of carbonyl (C=O) groups is 1. The van der Waals surface area contributed by atoms with Crippen LogP contribution >= 0.6 is 0 Å². The van der Waals surface area contributed by atoms with Gasteiger partial charge in [0.05, 0.1) is 19.0 Å². The lowest BCUT2D eigenvalue weighted by molar-refractivity contribution is -0.125. The maximum absolute atomic E-state index is 12.5. The number of aryl methyl sites for hydroxylation is 2. The van der Waals surface area contributed by atoms with E-state index in [-0.39, 0.29) is 5.91 Å². The summed E-state index contributed by atoms with van der Waals surface area (Å²) in [5.74, 6) is 0.735. The van der Waals surface area contributed by atoms with Gasteiger partial charge in [-0.15, -0.1) is 0 Å². The lowest BCUT2D eigenvalue weighted by Gasteiger charge is -2.15. The maximum atomic E-state index is 12.5. The van der Waals surface area contributed by atoms with Gasteiger partial charge in [0.1, 0.15) is 12.4 Å². The molecule has 29 heavy (non-hydrogen) atoms. The van der Waals surface area contributed by atoms with E-state index < -0.39 is 0 Å². The minimum atomic E-state index is -0.0771. The van der Waals surface area contributed by atoms with Crippen molar-refractivity contribution in [2.75, 3.05) is 20.2 Å². The second-order valence-electron chi connectivity index (χ2n) is 6.96. The molecule has 5 nitrogen and oxygen atoms in total. The number of nitrogens with zero attached hydrogens (tertiary/aromatic N) is 3. The molecule has 0 aliphatic heterocycles. The molecule has 0 bridgehead atoms. The molecule has 0 spiro atoms. The van der Waals surface area contributed by atoms with Crippen molar-refractivity contribution < 1.29 is 9.53 Å². The first-order valence-electron chi connectivity index (χ1n) is 9.66. The van der Waals surface area contributed by atoms with E-state index in [9.17, 15) is 4.79 Å². The topological polar surface area (TPSA) is 58.3 Å². The summed E-state index contributed by atoms with van der Waals surface area (Å²) in [6.07, 6.45) is 5.87. The Labute approximate surface area is 171 Å². The average Bonchev–Trinajstić information content (AvgIpc) is 3.08. The number of carbonyl (C=O) groups excluding carboxylic acids is 1. The number of benzene rings is 2. The highest BCUT2D eigenvalue weighted by atomic mass is 16.5. The quantitative estimate of drug-likeness (QED) is 0.538. The van der Waals surface area contributed by atoms with Gasteiger partial charge in [-0.25, -0.2) is 0 Å². The zero-order valence-corrected chi connectivity index (χ0v) is 16.8. The molecule has 0 aliphatic rings. The third kappa shape index (κ3) is 5.26. The van der Waals surface area contributed by atoms with Crippen molar-refractivity contribution in [2.45, 2.75) is 19.9 Å². The first kappa shape index (κ1) is 20.2. The van der Waals surface area contributed by atoms with Crippen molar-refractivity contribution in [3.05, 3.63) is 71.9 Å². The van der Waals surface area contributed by atoms with Crippen LogP contribution < -0.4 is 4.74 Å². The SMILES string of the molecule is Cc1cccc(OCCN(C)C(=O)/C=C/c2cn(CCC#N)c3ccccc23)c1. The zero-order valence-electron chi connectivity index (χ0n) is 16.8. The lowest BCUT2D eigenvalue weighted by Crippen LogP contribution is -2.29. The molecule has 3 rings (SSSR count). The number of likely N-dealkylation sites (N-methyl/N-ethyl adjacent to an activating group) is 1. The second-order valence-corrected chi connectivity index (χ2v) is 6.96. The molecule has 0 aliphatic carbocycles. The molecule has 0 N–H and O–H groups in total. The van der Waals surface area contributed by atoms with E-state index in [1.165, 1.54) is 0 Å². The first-order valence-corrected chi connectivity index (χ1v) is 9.66. The van der Waals surface area contributed by atoms with Crippen molar-refractivity contribution in [1.29, 1.82) is 5.26 Å². The van der Waals surface area contributed by atoms with E-state index >= 15 is 0 Å². The molecular formula is C24H25N3O2. The van der Waals surface area contributed by atoms with Gasteiger partial charge in [-0.2, -0.15) is 5.26 Å². The van der Waals surface area contributed by atoms with Gasteiger partial charge in [0.25, 0.3) is 0 Å². The maximum Gasteiger partial charge on any atom is 0.246 e. The minimum absolute atomic E-state index is 0.0771. The first-order chi connectivity index (χ1) is 14.1. The molecule has 2 aromatic carbocycles. The van der Waals surface area contributed by atoms with Crippen LogP contribution in [0.1, 0.15) is 17.5 Å². The summed E-state index contributed by atoms with van der Waals surface area (Å²) in [4.78, 5) is 14.1. The highest BCUT2D eigenvalue weighted by Gasteiger charge is 2.08. The van der Waals surface area contributed by atoms with Crippen LogP contribution in [0.25, 0.3) is 17.0 Å². The van der Waals surface area contributed by atoms with E-state index in [1.807, 2.05) is 67.7 Å². The lowest BCUT2D eigenvalue weighted by atomic mass is 10.1. The molecule has 3 aromatic rings. The van der Waals surface area contributed by atoms with Crippen LogP contribution in [0.4, 0.5) is 0 Å². The van der Waals surface area contributed by atoms with Gasteiger partial charge in [0.15, 0.2) is 0 Å². The average molecular weight is 387 g/mol. The van der Waals surface area contributed by atoms with Crippen LogP contribution in [0.15, 0.2) is 60.8 Å². The fraction of sp³-hybridized carbons (Fsp3) is 0.250. The summed E-state index contributed by atoms with van der Waals surface area (Å²) >= 11 is 0. The highest BCUT2D eigenvalue weighted by Crippen LogP contribution is 2.23. The van der Waals surface area contributed by atoms with Crippen LogP contribution in [0.5, 0.6) is 5.75 Å². The van der Waals surface area contributed by atoms with Crippen molar-refractivity contribution in [3.63, 3.8) is 0 Å². The Hall–Kier alpha value is -3.52. The number of ether oxygens (including phenoxy) is 1. The Bertz CT molecular complexity index is 1060. The largest absolute Gasteiger partial charge is 0.492 e. The van der Waals surface area contributed by atoms with E-state index in [2.05, 4.69) is 10.6 Å². The summed E-state index contributed by atoms with van der Waals surface area (Å²) in [5, 5.41) is 9.93. The van der Waals surface area contributed by atoms with Crippen LogP contribution in [0.3, 0.4) is 0 Å². The molecule has 148 valence electrons. The van der Waals surface area contributed by atoms with Gasteiger partial charge in [-0.05, 0) is 36.8 Å². The third-order valence-corrected chi connectivity index (χ3v) is 4.75. The molecule has 0 saturated heterocycles. The zero-order chi connectivity index (χ0) is 20.6. The number of aromatic nitrogens is 1. The molecule has 5 heteroatoms. The van der Waals surface area contributed by atoms with E-state index in [4.69, 9.17) is 10.00 Å². The summed E-state index contributed by atoms with van der Waals surface area (Å²) in [5.41, 5.74) is 3.18. The molecule has 0 unspecified atom stereocenters.